The summed E-state index contributed by atoms with van der Waals surface area (Å²) in [5, 5.41) is 5.77. The quantitative estimate of drug-likeness (QED) is 0.613. The Balaban J connectivity index is 1.56. The summed E-state index contributed by atoms with van der Waals surface area (Å²) >= 11 is 0. The molecule has 0 spiro atoms. The second-order valence-electron chi connectivity index (χ2n) is 6.47. The van der Waals surface area contributed by atoms with E-state index >= 15 is 0 Å². The minimum atomic E-state index is -0.246. The molecule has 4 nitrogen and oxygen atoms in total. The van der Waals surface area contributed by atoms with Crippen LogP contribution in [0.4, 0.5) is 10.5 Å². The summed E-state index contributed by atoms with van der Waals surface area (Å²) in [6.45, 7) is 4.74. The predicted octanol–water partition coefficient (Wildman–Crippen LogP) is 5.46. The van der Waals surface area contributed by atoms with Gasteiger partial charge < -0.3 is 15.4 Å². The fraction of sp³-hybridized carbons (Fsp3) is 0.174. The van der Waals surface area contributed by atoms with Crippen molar-refractivity contribution in [3.63, 3.8) is 0 Å². The number of carbonyl (C=O) groups excluding carboxylic acids is 1. The molecule has 0 aliphatic carbocycles. The molecule has 0 aromatic heterocycles. The Bertz CT molecular complexity index is 907. The fourth-order valence-corrected chi connectivity index (χ4v) is 2.88. The Morgan fingerprint density at radius 3 is 2.44 bits per heavy atom. The molecule has 2 amide bonds. The molecule has 0 heterocycles. The average molecular weight is 360 g/mol. The lowest BCUT2D eigenvalue weighted by Crippen LogP contribution is -2.30. The number of para-hydroxylation sites is 3. The number of hydrogen-bond acceptors (Lipinski definition) is 2. The number of hydrogen-bond donors (Lipinski definition) is 2. The Morgan fingerprint density at radius 2 is 1.67 bits per heavy atom. The van der Waals surface area contributed by atoms with Gasteiger partial charge in [0.05, 0.1) is 5.69 Å². The van der Waals surface area contributed by atoms with Gasteiger partial charge in [0.25, 0.3) is 0 Å². The van der Waals surface area contributed by atoms with E-state index in [0.29, 0.717) is 18.0 Å². The fourth-order valence-electron chi connectivity index (χ4n) is 2.88. The van der Waals surface area contributed by atoms with Crippen LogP contribution in [0.1, 0.15) is 16.7 Å². The molecule has 0 saturated heterocycles. The molecule has 0 unspecified atom stereocenters. The number of urea groups is 1. The van der Waals surface area contributed by atoms with E-state index < -0.39 is 0 Å². The van der Waals surface area contributed by atoms with Crippen molar-refractivity contribution in [2.75, 3.05) is 11.9 Å². The van der Waals surface area contributed by atoms with Crippen LogP contribution in [0.15, 0.2) is 72.8 Å². The van der Waals surface area contributed by atoms with Crippen LogP contribution in [0, 0.1) is 13.8 Å². The van der Waals surface area contributed by atoms with Crippen molar-refractivity contribution in [2.24, 2.45) is 0 Å². The van der Waals surface area contributed by atoms with Crippen LogP contribution in [0.3, 0.4) is 0 Å². The molecule has 0 bridgehead atoms. The van der Waals surface area contributed by atoms with E-state index in [1.54, 1.807) is 0 Å². The number of aryl methyl sites for hydroxylation is 2. The highest BCUT2D eigenvalue weighted by molar-refractivity contribution is 5.90. The minimum Gasteiger partial charge on any atom is -0.455 e. The first-order chi connectivity index (χ1) is 13.1. The van der Waals surface area contributed by atoms with Gasteiger partial charge in [-0.25, -0.2) is 4.79 Å². The lowest BCUT2D eigenvalue weighted by Gasteiger charge is -2.13. The van der Waals surface area contributed by atoms with Gasteiger partial charge in [-0.15, -0.1) is 0 Å². The third-order valence-electron chi connectivity index (χ3n) is 4.28. The van der Waals surface area contributed by atoms with Crippen molar-refractivity contribution in [1.29, 1.82) is 0 Å². The minimum absolute atomic E-state index is 0.246. The van der Waals surface area contributed by atoms with E-state index in [0.717, 1.165) is 12.2 Å². The Morgan fingerprint density at radius 1 is 0.926 bits per heavy atom. The van der Waals surface area contributed by atoms with Crippen LogP contribution in [0.5, 0.6) is 11.5 Å². The second-order valence-corrected chi connectivity index (χ2v) is 6.47. The van der Waals surface area contributed by atoms with E-state index in [1.807, 2.05) is 54.6 Å². The molecule has 3 aromatic carbocycles. The Labute approximate surface area is 160 Å². The normalized spacial score (nSPS) is 10.3. The summed E-state index contributed by atoms with van der Waals surface area (Å²) in [6, 6.07) is 23.0. The third-order valence-corrected chi connectivity index (χ3v) is 4.28. The van der Waals surface area contributed by atoms with Crippen molar-refractivity contribution in [3.05, 3.63) is 89.5 Å². The van der Waals surface area contributed by atoms with Crippen LogP contribution in [-0.4, -0.2) is 12.6 Å². The topological polar surface area (TPSA) is 50.4 Å². The predicted molar refractivity (Wildman–Crippen MR) is 110 cm³/mol. The molecule has 0 saturated carbocycles. The molecular weight excluding hydrogens is 336 g/mol. The summed E-state index contributed by atoms with van der Waals surface area (Å²) in [5.41, 5.74) is 4.37. The maximum Gasteiger partial charge on any atom is 0.319 e. The van der Waals surface area contributed by atoms with Crippen LogP contribution >= 0.6 is 0 Å². The van der Waals surface area contributed by atoms with E-state index in [2.05, 4.69) is 42.7 Å². The maximum absolute atomic E-state index is 12.3. The number of anilines is 1. The number of nitrogens with one attached hydrogen (secondary N) is 2. The zero-order valence-electron chi connectivity index (χ0n) is 15.7. The molecular formula is C23H24N2O2. The summed E-state index contributed by atoms with van der Waals surface area (Å²) in [6.07, 6.45) is 0.793. The summed E-state index contributed by atoms with van der Waals surface area (Å²) in [7, 11) is 0. The van der Waals surface area contributed by atoms with Crippen molar-refractivity contribution in [1.82, 2.24) is 5.32 Å². The molecule has 0 atom stereocenters. The van der Waals surface area contributed by atoms with Gasteiger partial charge in [-0.3, -0.25) is 0 Å². The van der Waals surface area contributed by atoms with E-state index in [4.69, 9.17) is 4.74 Å². The monoisotopic (exact) mass is 360 g/mol. The van der Waals surface area contributed by atoms with Gasteiger partial charge in [0.15, 0.2) is 5.75 Å². The zero-order chi connectivity index (χ0) is 19.1. The highest BCUT2D eigenvalue weighted by Gasteiger charge is 2.08. The zero-order valence-corrected chi connectivity index (χ0v) is 15.7. The first-order valence-electron chi connectivity index (χ1n) is 9.05. The van der Waals surface area contributed by atoms with Gasteiger partial charge in [-0.1, -0.05) is 54.1 Å². The summed E-state index contributed by atoms with van der Waals surface area (Å²) in [4.78, 5) is 12.3. The van der Waals surface area contributed by atoms with E-state index in [1.165, 1.54) is 16.7 Å². The molecule has 0 aliphatic heterocycles. The number of rotatable bonds is 6. The SMILES string of the molecule is Cc1ccc(CCNC(=O)Nc2ccccc2Oc2ccccc2)c(C)c1. The van der Waals surface area contributed by atoms with Crippen molar-refractivity contribution >= 4 is 11.7 Å². The Kier molecular flexibility index (Phi) is 6.10. The first kappa shape index (κ1) is 18.5. The summed E-state index contributed by atoms with van der Waals surface area (Å²) < 4.78 is 5.87. The van der Waals surface area contributed by atoms with Gasteiger partial charge in [-0.2, -0.15) is 0 Å². The summed E-state index contributed by atoms with van der Waals surface area (Å²) in [5.74, 6) is 1.33. The largest absolute Gasteiger partial charge is 0.455 e. The van der Waals surface area contributed by atoms with E-state index in [-0.39, 0.29) is 6.03 Å². The van der Waals surface area contributed by atoms with Crippen molar-refractivity contribution < 1.29 is 9.53 Å². The number of amides is 2. The van der Waals surface area contributed by atoms with Crippen LogP contribution in [0.2, 0.25) is 0 Å². The second kappa shape index (κ2) is 8.90. The van der Waals surface area contributed by atoms with Gasteiger partial charge in [0.1, 0.15) is 5.75 Å². The third kappa shape index (κ3) is 5.35. The molecule has 3 aromatic rings. The lowest BCUT2D eigenvalue weighted by molar-refractivity contribution is 0.252. The molecule has 0 aliphatic rings. The average Bonchev–Trinajstić information content (AvgIpc) is 2.66. The standard InChI is InChI=1S/C23H24N2O2/c1-17-12-13-19(18(2)16-17)14-15-24-23(26)25-21-10-6-7-11-22(21)27-20-8-4-3-5-9-20/h3-13,16H,14-15H2,1-2H3,(H2,24,25,26). The van der Waals surface area contributed by atoms with Crippen LogP contribution < -0.4 is 15.4 Å². The number of ether oxygens (including phenoxy) is 1. The van der Waals surface area contributed by atoms with Crippen molar-refractivity contribution in [3.8, 4) is 11.5 Å². The van der Waals surface area contributed by atoms with Gasteiger partial charge in [0.2, 0.25) is 0 Å². The first-order valence-corrected chi connectivity index (χ1v) is 9.05. The highest BCUT2D eigenvalue weighted by Crippen LogP contribution is 2.28. The Hall–Kier alpha value is -3.27. The molecule has 2 N–H and O–H groups in total. The number of carbonyl (C=O) groups is 1. The molecule has 27 heavy (non-hydrogen) atoms. The maximum atomic E-state index is 12.3. The van der Waals surface area contributed by atoms with Gasteiger partial charge in [-0.05, 0) is 55.7 Å². The molecule has 3 rings (SSSR count). The molecule has 0 radical (unpaired) electrons. The van der Waals surface area contributed by atoms with Crippen molar-refractivity contribution in [2.45, 2.75) is 20.3 Å². The van der Waals surface area contributed by atoms with Gasteiger partial charge in [0, 0.05) is 6.54 Å². The molecule has 138 valence electrons. The highest BCUT2D eigenvalue weighted by atomic mass is 16.5. The van der Waals surface area contributed by atoms with Gasteiger partial charge >= 0.3 is 6.03 Å². The number of benzene rings is 3. The van der Waals surface area contributed by atoms with Crippen LogP contribution in [-0.2, 0) is 6.42 Å². The van der Waals surface area contributed by atoms with E-state index in [9.17, 15) is 4.79 Å². The molecule has 0 fully saturated rings. The smallest absolute Gasteiger partial charge is 0.319 e. The molecule has 4 heteroatoms. The van der Waals surface area contributed by atoms with Crippen LogP contribution in [0.25, 0.3) is 0 Å². The lowest BCUT2D eigenvalue weighted by atomic mass is 10.0.